The number of nitrogens with one attached hydrogen (secondary N) is 1. The van der Waals surface area contributed by atoms with Crippen LogP contribution in [0.4, 0.5) is 0 Å². The van der Waals surface area contributed by atoms with Gasteiger partial charge in [0.1, 0.15) is 5.75 Å². The molecule has 0 aliphatic rings. The quantitative estimate of drug-likeness (QED) is 0.632. The van der Waals surface area contributed by atoms with E-state index in [9.17, 15) is 0 Å². The molecule has 0 bridgehead atoms. The summed E-state index contributed by atoms with van der Waals surface area (Å²) in [5.41, 5.74) is 4.89. The maximum Gasteiger partial charge on any atom is 0.119 e. The highest BCUT2D eigenvalue weighted by atomic mass is 32.1. The first-order chi connectivity index (χ1) is 9.67. The fraction of sp³-hybridized carbons (Fsp3) is 0.429. The molecule has 0 radical (unpaired) electrons. The highest BCUT2D eigenvalue weighted by Gasteiger charge is 2.22. The highest BCUT2D eigenvalue weighted by Crippen LogP contribution is 2.31. The maximum atomic E-state index is 5.75. The molecule has 0 saturated carbocycles. The number of hydrogen-bond acceptors (Lipinski definition) is 6. The Bertz CT molecular complexity index is 556. The third kappa shape index (κ3) is 3.15. The SMILES string of the molecule is CCOc1cccc(C(NN)c2snnc2C(C)C)c1. The van der Waals surface area contributed by atoms with Crippen molar-refractivity contribution in [1.29, 1.82) is 0 Å². The Morgan fingerprint density at radius 1 is 1.40 bits per heavy atom. The van der Waals surface area contributed by atoms with Gasteiger partial charge in [-0.2, -0.15) is 0 Å². The minimum absolute atomic E-state index is 0.118. The Hall–Kier alpha value is -1.50. The molecule has 0 fully saturated rings. The van der Waals surface area contributed by atoms with Gasteiger partial charge in [0.05, 0.1) is 23.2 Å². The molecule has 20 heavy (non-hydrogen) atoms. The molecule has 1 aromatic carbocycles. The molecule has 6 heteroatoms. The number of hydrogen-bond donors (Lipinski definition) is 2. The van der Waals surface area contributed by atoms with Crippen LogP contribution in [-0.2, 0) is 0 Å². The van der Waals surface area contributed by atoms with Crippen molar-refractivity contribution in [2.75, 3.05) is 6.61 Å². The van der Waals surface area contributed by atoms with Gasteiger partial charge in [0.2, 0.25) is 0 Å². The fourth-order valence-corrected chi connectivity index (χ4v) is 2.98. The van der Waals surface area contributed by atoms with E-state index in [4.69, 9.17) is 10.6 Å². The van der Waals surface area contributed by atoms with Gasteiger partial charge in [-0.1, -0.05) is 30.5 Å². The Morgan fingerprint density at radius 3 is 2.85 bits per heavy atom. The van der Waals surface area contributed by atoms with Gasteiger partial charge in [0.25, 0.3) is 0 Å². The van der Waals surface area contributed by atoms with E-state index in [0.29, 0.717) is 12.5 Å². The zero-order valence-corrected chi connectivity index (χ0v) is 12.8. The molecule has 108 valence electrons. The van der Waals surface area contributed by atoms with Crippen LogP contribution in [0.3, 0.4) is 0 Å². The summed E-state index contributed by atoms with van der Waals surface area (Å²) in [7, 11) is 0. The van der Waals surface area contributed by atoms with Gasteiger partial charge in [0, 0.05) is 0 Å². The zero-order valence-electron chi connectivity index (χ0n) is 12.0. The second kappa shape index (κ2) is 6.78. The van der Waals surface area contributed by atoms with Crippen LogP contribution in [0.2, 0.25) is 0 Å². The third-order valence-corrected chi connectivity index (χ3v) is 3.82. The summed E-state index contributed by atoms with van der Waals surface area (Å²) in [4.78, 5) is 1.05. The highest BCUT2D eigenvalue weighted by molar-refractivity contribution is 7.05. The summed E-state index contributed by atoms with van der Waals surface area (Å²) >= 11 is 1.38. The number of nitrogens with zero attached hydrogens (tertiary/aromatic N) is 2. The monoisotopic (exact) mass is 292 g/mol. The van der Waals surface area contributed by atoms with Crippen LogP contribution in [0.5, 0.6) is 5.75 Å². The zero-order chi connectivity index (χ0) is 14.5. The van der Waals surface area contributed by atoms with Gasteiger partial charge >= 0.3 is 0 Å². The lowest BCUT2D eigenvalue weighted by Crippen LogP contribution is -2.29. The van der Waals surface area contributed by atoms with Gasteiger partial charge in [-0.25, -0.2) is 5.43 Å². The van der Waals surface area contributed by atoms with Crippen molar-refractivity contribution < 1.29 is 4.74 Å². The van der Waals surface area contributed by atoms with E-state index in [0.717, 1.165) is 21.9 Å². The smallest absolute Gasteiger partial charge is 0.119 e. The molecule has 0 aliphatic carbocycles. The van der Waals surface area contributed by atoms with E-state index in [1.807, 2.05) is 31.2 Å². The molecule has 0 spiro atoms. The van der Waals surface area contributed by atoms with Crippen molar-refractivity contribution in [3.63, 3.8) is 0 Å². The molecule has 1 aromatic heterocycles. The number of aromatic nitrogens is 2. The van der Waals surface area contributed by atoms with Crippen molar-refractivity contribution in [3.8, 4) is 5.75 Å². The van der Waals surface area contributed by atoms with Gasteiger partial charge in [-0.3, -0.25) is 5.84 Å². The molecule has 0 amide bonds. The van der Waals surface area contributed by atoms with Crippen LogP contribution in [0, 0.1) is 0 Å². The number of benzene rings is 1. The van der Waals surface area contributed by atoms with Crippen LogP contribution in [0.1, 0.15) is 48.9 Å². The first kappa shape index (κ1) is 14.9. The lowest BCUT2D eigenvalue weighted by Gasteiger charge is -2.17. The fourth-order valence-electron chi connectivity index (χ4n) is 2.08. The molecule has 0 aliphatic heterocycles. The Labute approximate surface area is 123 Å². The molecule has 5 nitrogen and oxygen atoms in total. The van der Waals surface area contributed by atoms with Crippen molar-refractivity contribution in [2.24, 2.45) is 5.84 Å². The number of hydrazine groups is 1. The molecule has 1 unspecified atom stereocenters. The average Bonchev–Trinajstić information content (AvgIpc) is 2.90. The largest absolute Gasteiger partial charge is 0.494 e. The third-order valence-electron chi connectivity index (χ3n) is 3.02. The van der Waals surface area contributed by atoms with Crippen LogP contribution >= 0.6 is 11.5 Å². The molecular formula is C14H20N4OS. The summed E-state index contributed by atoms with van der Waals surface area (Å²) in [6.45, 7) is 6.81. The first-order valence-electron chi connectivity index (χ1n) is 6.68. The van der Waals surface area contributed by atoms with E-state index in [2.05, 4.69) is 28.9 Å². The predicted molar refractivity (Wildman–Crippen MR) is 80.8 cm³/mol. The molecule has 2 aromatic rings. The van der Waals surface area contributed by atoms with Crippen molar-refractivity contribution >= 4 is 11.5 Å². The minimum atomic E-state index is -0.118. The van der Waals surface area contributed by atoms with E-state index in [1.165, 1.54) is 11.5 Å². The lowest BCUT2D eigenvalue weighted by molar-refractivity contribution is 0.339. The van der Waals surface area contributed by atoms with E-state index < -0.39 is 0 Å². The Kier molecular flexibility index (Phi) is 5.05. The summed E-state index contributed by atoms with van der Waals surface area (Å²) < 4.78 is 9.60. The number of nitrogens with two attached hydrogens (primary N) is 1. The van der Waals surface area contributed by atoms with E-state index in [1.54, 1.807) is 0 Å². The average molecular weight is 292 g/mol. The van der Waals surface area contributed by atoms with Gasteiger partial charge in [0.15, 0.2) is 0 Å². The van der Waals surface area contributed by atoms with Gasteiger partial charge in [-0.05, 0) is 42.1 Å². The van der Waals surface area contributed by atoms with E-state index in [-0.39, 0.29) is 6.04 Å². The van der Waals surface area contributed by atoms with Crippen LogP contribution < -0.4 is 16.0 Å². The maximum absolute atomic E-state index is 5.75. The number of ether oxygens (including phenoxy) is 1. The topological polar surface area (TPSA) is 73.1 Å². The summed E-state index contributed by atoms with van der Waals surface area (Å²) in [6.07, 6.45) is 0. The summed E-state index contributed by atoms with van der Waals surface area (Å²) in [6, 6.07) is 7.81. The minimum Gasteiger partial charge on any atom is -0.494 e. The molecule has 3 N–H and O–H groups in total. The predicted octanol–water partition coefficient (Wildman–Crippen LogP) is 2.61. The van der Waals surface area contributed by atoms with Crippen molar-refractivity contribution in [1.82, 2.24) is 15.0 Å². The standard InChI is InChI=1S/C14H20N4OS/c1-4-19-11-7-5-6-10(8-11)13(16-15)14-12(9(2)3)17-18-20-14/h5-9,13,16H,4,15H2,1-3H3. The molecule has 1 heterocycles. The van der Waals surface area contributed by atoms with Crippen LogP contribution in [-0.4, -0.2) is 16.2 Å². The summed E-state index contributed by atoms with van der Waals surface area (Å²) in [5, 5.41) is 4.21. The normalized spacial score (nSPS) is 12.7. The lowest BCUT2D eigenvalue weighted by atomic mass is 10.0. The van der Waals surface area contributed by atoms with Gasteiger partial charge in [-0.15, -0.1) is 5.10 Å². The second-order valence-corrected chi connectivity index (χ2v) is 5.57. The molecular weight excluding hydrogens is 272 g/mol. The molecule has 2 rings (SSSR count). The first-order valence-corrected chi connectivity index (χ1v) is 7.45. The van der Waals surface area contributed by atoms with Gasteiger partial charge < -0.3 is 4.74 Å². The second-order valence-electron chi connectivity index (χ2n) is 4.78. The Balaban J connectivity index is 2.36. The molecule has 0 saturated heterocycles. The van der Waals surface area contributed by atoms with E-state index >= 15 is 0 Å². The molecule has 1 atom stereocenters. The Morgan fingerprint density at radius 2 is 2.20 bits per heavy atom. The summed E-state index contributed by atoms with van der Waals surface area (Å²) in [5.74, 6) is 6.91. The van der Waals surface area contributed by atoms with Crippen molar-refractivity contribution in [2.45, 2.75) is 32.7 Å². The van der Waals surface area contributed by atoms with Crippen LogP contribution in [0.25, 0.3) is 0 Å². The number of rotatable bonds is 6. The van der Waals surface area contributed by atoms with Crippen LogP contribution in [0.15, 0.2) is 24.3 Å². The van der Waals surface area contributed by atoms with Crippen molar-refractivity contribution in [3.05, 3.63) is 40.4 Å².